The number of carbonyl (C=O) groups is 2. The number of esters is 2. The van der Waals surface area contributed by atoms with Crippen LogP contribution in [0, 0.1) is 11.8 Å². The molecule has 0 atom stereocenters. The zero-order valence-electron chi connectivity index (χ0n) is 23.2. The van der Waals surface area contributed by atoms with Crippen molar-refractivity contribution in [3.05, 3.63) is 101 Å². The summed E-state index contributed by atoms with van der Waals surface area (Å²) >= 11 is 6.33. The van der Waals surface area contributed by atoms with Crippen molar-refractivity contribution >= 4 is 23.5 Å². The number of ether oxygens (including phenoxy) is 4. The van der Waals surface area contributed by atoms with Gasteiger partial charge in [0.2, 0.25) is 0 Å². The average molecular weight is 563 g/mol. The molecule has 3 aromatic rings. The lowest BCUT2D eigenvalue weighted by Crippen LogP contribution is -2.09. The Kier molecular flexibility index (Phi) is 14.5. The molecule has 0 N–H and O–H groups in total. The fourth-order valence-corrected chi connectivity index (χ4v) is 3.52. The van der Waals surface area contributed by atoms with Crippen molar-refractivity contribution in [2.45, 2.75) is 39.5 Å². The van der Waals surface area contributed by atoms with E-state index in [4.69, 9.17) is 30.5 Å². The molecule has 210 valence electrons. The van der Waals surface area contributed by atoms with Crippen LogP contribution in [-0.2, 0) is 9.53 Å². The Morgan fingerprint density at radius 3 is 2.05 bits per heavy atom. The predicted molar refractivity (Wildman–Crippen MR) is 158 cm³/mol. The van der Waals surface area contributed by atoms with Crippen molar-refractivity contribution in [1.82, 2.24) is 0 Å². The second-order valence-electron chi connectivity index (χ2n) is 8.17. The Hall–Kier alpha value is -4.21. The van der Waals surface area contributed by atoms with E-state index in [9.17, 15) is 9.59 Å². The van der Waals surface area contributed by atoms with Gasteiger partial charge in [-0.25, -0.2) is 9.59 Å². The quantitative estimate of drug-likeness (QED) is 0.0741. The van der Waals surface area contributed by atoms with Crippen LogP contribution in [-0.4, -0.2) is 32.3 Å². The van der Waals surface area contributed by atoms with Gasteiger partial charge >= 0.3 is 11.9 Å². The maximum Gasteiger partial charge on any atom is 0.343 e. The molecule has 0 aliphatic heterocycles. The molecule has 3 aromatic carbocycles. The SMILES string of the molecule is C=CC(=O)OCCCCCCOc1ccc(C(=O)Oc2ccc(C#Cc3ccc(OC)cc3)cc2Cl)cc1.CC. The van der Waals surface area contributed by atoms with Crippen LogP contribution in [0.25, 0.3) is 0 Å². The van der Waals surface area contributed by atoms with E-state index >= 15 is 0 Å². The Morgan fingerprint density at radius 1 is 0.825 bits per heavy atom. The second kappa shape index (κ2) is 18.1. The van der Waals surface area contributed by atoms with Crippen LogP contribution in [0.1, 0.15) is 61.0 Å². The van der Waals surface area contributed by atoms with Crippen LogP contribution < -0.4 is 14.2 Å². The zero-order chi connectivity index (χ0) is 29.2. The molecule has 0 aliphatic carbocycles. The van der Waals surface area contributed by atoms with E-state index in [-0.39, 0.29) is 5.75 Å². The number of methoxy groups -OCH3 is 1. The maximum absolute atomic E-state index is 12.6. The van der Waals surface area contributed by atoms with E-state index in [0.29, 0.717) is 35.1 Å². The molecule has 6 nitrogen and oxygen atoms in total. The molecule has 0 fully saturated rings. The van der Waals surface area contributed by atoms with Crippen molar-refractivity contribution < 1.29 is 28.5 Å². The van der Waals surface area contributed by atoms with Gasteiger partial charge in [-0.3, -0.25) is 0 Å². The van der Waals surface area contributed by atoms with Gasteiger partial charge in [0.05, 0.1) is 30.9 Å². The number of carbonyl (C=O) groups excluding carboxylic acids is 2. The average Bonchev–Trinajstić information content (AvgIpc) is 3.00. The van der Waals surface area contributed by atoms with Gasteiger partial charge in [-0.15, -0.1) is 0 Å². The molecule has 0 aliphatic rings. The van der Waals surface area contributed by atoms with E-state index in [0.717, 1.165) is 43.1 Å². The molecule has 0 saturated carbocycles. The van der Waals surface area contributed by atoms with Crippen molar-refractivity contribution in [2.75, 3.05) is 20.3 Å². The van der Waals surface area contributed by atoms with Crippen LogP contribution in [0.2, 0.25) is 5.02 Å². The van der Waals surface area contributed by atoms with Crippen LogP contribution in [0.15, 0.2) is 79.4 Å². The molecule has 0 unspecified atom stereocenters. The molecule has 0 heterocycles. The van der Waals surface area contributed by atoms with Crippen molar-refractivity contribution in [3.8, 4) is 29.1 Å². The third-order valence-electron chi connectivity index (χ3n) is 5.38. The van der Waals surface area contributed by atoms with Crippen LogP contribution in [0.4, 0.5) is 0 Å². The summed E-state index contributed by atoms with van der Waals surface area (Å²) in [4.78, 5) is 23.5. The van der Waals surface area contributed by atoms with Crippen molar-refractivity contribution in [2.24, 2.45) is 0 Å². The van der Waals surface area contributed by atoms with Crippen LogP contribution in [0.5, 0.6) is 17.2 Å². The summed E-state index contributed by atoms with van der Waals surface area (Å²) in [7, 11) is 1.61. The molecule has 0 aromatic heterocycles. The second-order valence-corrected chi connectivity index (χ2v) is 8.58. The van der Waals surface area contributed by atoms with E-state index in [1.54, 1.807) is 49.6 Å². The van der Waals surface area contributed by atoms with Crippen molar-refractivity contribution in [3.63, 3.8) is 0 Å². The van der Waals surface area contributed by atoms with Gasteiger partial charge in [0.1, 0.15) is 17.2 Å². The number of halogens is 1. The zero-order valence-corrected chi connectivity index (χ0v) is 24.0. The first-order chi connectivity index (χ1) is 19.5. The monoisotopic (exact) mass is 562 g/mol. The van der Waals surface area contributed by atoms with Crippen molar-refractivity contribution in [1.29, 1.82) is 0 Å². The lowest BCUT2D eigenvalue weighted by molar-refractivity contribution is -0.137. The Morgan fingerprint density at radius 2 is 1.43 bits per heavy atom. The number of hydrogen-bond acceptors (Lipinski definition) is 6. The normalized spacial score (nSPS) is 9.70. The number of unbranched alkanes of at least 4 members (excludes halogenated alkanes) is 3. The molecular formula is C33H35ClO6. The van der Waals surface area contributed by atoms with E-state index in [1.165, 1.54) is 0 Å². The molecule has 40 heavy (non-hydrogen) atoms. The lowest BCUT2D eigenvalue weighted by Gasteiger charge is -2.09. The summed E-state index contributed by atoms with van der Waals surface area (Å²) in [6.07, 6.45) is 4.74. The summed E-state index contributed by atoms with van der Waals surface area (Å²) in [5, 5.41) is 0.290. The number of benzene rings is 3. The largest absolute Gasteiger partial charge is 0.497 e. The highest BCUT2D eigenvalue weighted by Crippen LogP contribution is 2.26. The first-order valence-electron chi connectivity index (χ1n) is 13.2. The molecule has 3 rings (SSSR count). The first kappa shape index (κ1) is 32.0. The van der Waals surface area contributed by atoms with E-state index in [2.05, 4.69) is 18.4 Å². The topological polar surface area (TPSA) is 71.1 Å². The molecule has 0 bridgehead atoms. The molecule has 0 amide bonds. The predicted octanol–water partition coefficient (Wildman–Crippen LogP) is 7.66. The minimum Gasteiger partial charge on any atom is -0.497 e. The third-order valence-corrected chi connectivity index (χ3v) is 5.68. The van der Waals surface area contributed by atoms with Gasteiger partial charge in [0, 0.05) is 17.2 Å². The molecular weight excluding hydrogens is 528 g/mol. The standard InChI is InChI=1S/C31H29ClO6.C2H6/c1-3-30(33)37-21-7-5-4-6-20-36-27-17-13-25(14-18-27)31(34)38-29-19-12-24(22-28(29)32)9-8-23-10-15-26(35-2)16-11-23;1-2/h3,10-19,22H,1,4-7,20-21H2,2H3;1-2H3. The van der Waals surface area contributed by atoms with Gasteiger partial charge in [0.15, 0.2) is 0 Å². The Labute approximate surface area is 241 Å². The van der Waals surface area contributed by atoms with Crippen LogP contribution in [0.3, 0.4) is 0 Å². The minimum atomic E-state index is -0.521. The summed E-state index contributed by atoms with van der Waals surface area (Å²) in [6.45, 7) is 8.31. The van der Waals surface area contributed by atoms with Gasteiger partial charge in [-0.05, 0) is 92.4 Å². The molecule has 0 spiro atoms. The lowest BCUT2D eigenvalue weighted by atomic mass is 10.1. The van der Waals surface area contributed by atoms with E-state index < -0.39 is 11.9 Å². The summed E-state index contributed by atoms with van der Waals surface area (Å²) in [5.41, 5.74) is 1.92. The maximum atomic E-state index is 12.6. The summed E-state index contributed by atoms with van der Waals surface area (Å²) < 4.78 is 21.3. The summed E-state index contributed by atoms with van der Waals surface area (Å²) in [6, 6.07) is 19.2. The highest BCUT2D eigenvalue weighted by molar-refractivity contribution is 6.32. The molecule has 0 radical (unpaired) electrons. The third kappa shape index (κ3) is 11.3. The fraction of sp³-hybridized carbons (Fsp3) is 0.273. The van der Waals surface area contributed by atoms with Gasteiger partial charge in [-0.2, -0.15) is 0 Å². The number of hydrogen-bond donors (Lipinski definition) is 0. The van der Waals surface area contributed by atoms with E-state index in [1.807, 2.05) is 38.1 Å². The minimum absolute atomic E-state index is 0.256. The van der Waals surface area contributed by atoms with Crippen LogP contribution >= 0.6 is 11.6 Å². The van der Waals surface area contributed by atoms with Gasteiger partial charge in [0.25, 0.3) is 0 Å². The summed E-state index contributed by atoms with van der Waals surface area (Å²) in [5.74, 6) is 6.88. The smallest absolute Gasteiger partial charge is 0.343 e. The molecule has 0 saturated heterocycles. The van der Waals surface area contributed by atoms with Gasteiger partial charge in [-0.1, -0.05) is 43.9 Å². The molecule has 7 heteroatoms. The fourth-order valence-electron chi connectivity index (χ4n) is 3.31. The Bertz CT molecular complexity index is 1290. The Balaban J connectivity index is 0.00000274. The van der Waals surface area contributed by atoms with Gasteiger partial charge < -0.3 is 18.9 Å². The highest BCUT2D eigenvalue weighted by Gasteiger charge is 2.12. The highest BCUT2D eigenvalue weighted by atomic mass is 35.5. The number of rotatable bonds is 12. The first-order valence-corrected chi connectivity index (χ1v) is 13.6.